The number of fused-ring (bicyclic) bond motifs is 2. The molecule has 0 saturated carbocycles. The fourth-order valence-electron chi connectivity index (χ4n) is 4.13. The minimum absolute atomic E-state index is 0.660. The predicted octanol–water partition coefficient (Wildman–Crippen LogP) is 3.95. The molecule has 1 aliphatic heterocycles. The molecule has 1 aromatic carbocycles. The molecule has 0 amide bonds. The van der Waals surface area contributed by atoms with Crippen LogP contribution in [0.4, 0.5) is 0 Å². The number of rotatable bonds is 4. The van der Waals surface area contributed by atoms with Crippen LogP contribution in [-0.2, 0) is 0 Å². The van der Waals surface area contributed by atoms with Crippen molar-refractivity contribution in [2.24, 2.45) is 0 Å². The van der Waals surface area contributed by atoms with Gasteiger partial charge in [-0.3, -0.25) is 10.1 Å². The van der Waals surface area contributed by atoms with Crippen molar-refractivity contribution in [2.75, 3.05) is 20.2 Å². The van der Waals surface area contributed by atoms with E-state index >= 15 is 0 Å². The van der Waals surface area contributed by atoms with E-state index in [1.165, 1.54) is 5.57 Å². The number of aromatic nitrogens is 6. The van der Waals surface area contributed by atoms with E-state index in [-0.39, 0.29) is 0 Å². The van der Waals surface area contributed by atoms with Crippen LogP contribution < -0.4 is 10.1 Å². The van der Waals surface area contributed by atoms with Crippen LogP contribution in [0.2, 0.25) is 0 Å². The number of ether oxygens (including phenoxy) is 1. The van der Waals surface area contributed by atoms with Gasteiger partial charge in [-0.05, 0) is 48.9 Å². The van der Waals surface area contributed by atoms with Crippen molar-refractivity contribution >= 4 is 27.6 Å². The largest absolute Gasteiger partial charge is 0.497 e. The molecule has 0 spiro atoms. The minimum atomic E-state index is 0.660. The third-order valence-electron chi connectivity index (χ3n) is 5.77. The summed E-state index contributed by atoms with van der Waals surface area (Å²) in [4.78, 5) is 17.8. The van der Waals surface area contributed by atoms with Crippen LogP contribution >= 0.6 is 0 Å². The Morgan fingerprint density at radius 2 is 1.91 bits per heavy atom. The predicted molar refractivity (Wildman–Crippen MR) is 124 cm³/mol. The third-order valence-corrected chi connectivity index (χ3v) is 5.77. The highest BCUT2D eigenvalue weighted by atomic mass is 16.5. The standard InChI is InChI=1S/C24H21N7O/c1-32-16-4-2-3-15(13-16)20-21-18(9-12-26-20)28-24(29-21)23-22-19(30-31-23)6-5-17(27-22)14-7-10-25-11-8-14/h2-7,9,12-13,25H,8,10-11H2,1H3,(H,28,29)(H,30,31). The summed E-state index contributed by atoms with van der Waals surface area (Å²) in [6.45, 7) is 1.84. The zero-order valence-electron chi connectivity index (χ0n) is 17.5. The van der Waals surface area contributed by atoms with Crippen molar-refractivity contribution in [1.29, 1.82) is 0 Å². The smallest absolute Gasteiger partial charge is 0.161 e. The number of imidazole rings is 1. The molecule has 32 heavy (non-hydrogen) atoms. The van der Waals surface area contributed by atoms with Crippen LogP contribution in [0, 0.1) is 0 Å². The molecule has 0 fully saturated rings. The van der Waals surface area contributed by atoms with E-state index in [9.17, 15) is 0 Å². The van der Waals surface area contributed by atoms with E-state index in [2.05, 4.69) is 31.6 Å². The molecule has 0 atom stereocenters. The molecule has 5 heterocycles. The second kappa shape index (κ2) is 7.58. The quantitative estimate of drug-likeness (QED) is 0.404. The Bertz CT molecular complexity index is 1480. The molecular weight excluding hydrogens is 402 g/mol. The number of pyridine rings is 2. The summed E-state index contributed by atoms with van der Waals surface area (Å²) in [5, 5.41) is 11.0. The van der Waals surface area contributed by atoms with Gasteiger partial charge in [0.2, 0.25) is 0 Å². The van der Waals surface area contributed by atoms with Crippen molar-refractivity contribution in [1.82, 2.24) is 35.5 Å². The van der Waals surface area contributed by atoms with Crippen molar-refractivity contribution in [3.63, 3.8) is 0 Å². The summed E-state index contributed by atoms with van der Waals surface area (Å²) in [6.07, 6.45) is 4.94. The number of nitrogens with zero attached hydrogens (tertiary/aromatic N) is 4. The van der Waals surface area contributed by atoms with Crippen LogP contribution in [0.1, 0.15) is 12.1 Å². The molecular formula is C24H21N7O. The average Bonchev–Trinajstić information content (AvgIpc) is 3.48. The molecule has 6 rings (SSSR count). The summed E-state index contributed by atoms with van der Waals surface area (Å²) in [5.41, 5.74) is 8.02. The molecule has 5 aromatic rings. The molecule has 0 unspecified atom stereocenters. The first-order valence-corrected chi connectivity index (χ1v) is 10.5. The topological polar surface area (TPSA) is 104 Å². The molecule has 0 aliphatic carbocycles. The highest BCUT2D eigenvalue weighted by Gasteiger charge is 2.18. The highest BCUT2D eigenvalue weighted by molar-refractivity contribution is 5.95. The number of nitrogens with one attached hydrogen (secondary N) is 3. The second-order valence-electron chi connectivity index (χ2n) is 7.72. The van der Waals surface area contributed by atoms with Crippen LogP contribution in [0.25, 0.3) is 50.4 Å². The summed E-state index contributed by atoms with van der Waals surface area (Å²) in [7, 11) is 1.66. The first-order chi connectivity index (χ1) is 15.8. The fraction of sp³-hybridized carbons (Fsp3) is 0.167. The Morgan fingerprint density at radius 1 is 0.969 bits per heavy atom. The zero-order valence-corrected chi connectivity index (χ0v) is 17.5. The van der Waals surface area contributed by atoms with Gasteiger partial charge in [0, 0.05) is 18.3 Å². The van der Waals surface area contributed by atoms with Crippen molar-refractivity contribution in [2.45, 2.75) is 6.42 Å². The van der Waals surface area contributed by atoms with Gasteiger partial charge in [0.1, 0.15) is 16.8 Å². The molecule has 3 N–H and O–H groups in total. The molecule has 158 valence electrons. The lowest BCUT2D eigenvalue weighted by molar-refractivity contribution is 0.415. The number of hydrogen-bond acceptors (Lipinski definition) is 6. The van der Waals surface area contributed by atoms with Gasteiger partial charge in [-0.25, -0.2) is 9.97 Å². The first-order valence-electron chi connectivity index (χ1n) is 10.5. The second-order valence-corrected chi connectivity index (χ2v) is 7.72. The molecule has 1 aliphatic rings. The van der Waals surface area contributed by atoms with Crippen molar-refractivity contribution in [3.05, 3.63) is 60.4 Å². The maximum Gasteiger partial charge on any atom is 0.161 e. The van der Waals surface area contributed by atoms with E-state index in [1.54, 1.807) is 13.3 Å². The maximum absolute atomic E-state index is 5.38. The monoisotopic (exact) mass is 423 g/mol. The number of benzene rings is 1. The number of aromatic amines is 2. The normalized spacial score (nSPS) is 14.1. The van der Waals surface area contributed by atoms with E-state index in [0.717, 1.165) is 64.3 Å². The summed E-state index contributed by atoms with van der Waals surface area (Å²) in [5.74, 6) is 1.44. The Labute approximate surface area is 183 Å². The minimum Gasteiger partial charge on any atom is -0.497 e. The van der Waals surface area contributed by atoms with E-state index < -0.39 is 0 Å². The Hall–Kier alpha value is -4.04. The van der Waals surface area contributed by atoms with Crippen molar-refractivity contribution < 1.29 is 4.74 Å². The molecule has 4 aromatic heterocycles. The Kier molecular flexibility index (Phi) is 4.43. The van der Waals surface area contributed by atoms with Gasteiger partial charge in [0.15, 0.2) is 11.5 Å². The fourth-order valence-corrected chi connectivity index (χ4v) is 4.13. The van der Waals surface area contributed by atoms with Crippen LogP contribution in [0.15, 0.2) is 54.7 Å². The highest BCUT2D eigenvalue weighted by Crippen LogP contribution is 2.31. The molecule has 0 bridgehead atoms. The third kappa shape index (κ3) is 3.12. The van der Waals surface area contributed by atoms with Gasteiger partial charge in [0.05, 0.1) is 29.5 Å². The molecule has 0 radical (unpaired) electrons. The number of methoxy groups -OCH3 is 1. The summed E-state index contributed by atoms with van der Waals surface area (Å²) >= 11 is 0. The zero-order chi connectivity index (χ0) is 21.5. The average molecular weight is 423 g/mol. The summed E-state index contributed by atoms with van der Waals surface area (Å²) in [6, 6.07) is 13.8. The van der Waals surface area contributed by atoms with Gasteiger partial charge < -0.3 is 15.0 Å². The van der Waals surface area contributed by atoms with Gasteiger partial charge in [-0.15, -0.1) is 0 Å². The van der Waals surface area contributed by atoms with E-state index in [0.29, 0.717) is 11.5 Å². The summed E-state index contributed by atoms with van der Waals surface area (Å²) < 4.78 is 5.38. The lowest BCUT2D eigenvalue weighted by atomic mass is 10.1. The Balaban J connectivity index is 1.48. The van der Waals surface area contributed by atoms with E-state index in [4.69, 9.17) is 14.7 Å². The molecule has 8 heteroatoms. The van der Waals surface area contributed by atoms with Gasteiger partial charge >= 0.3 is 0 Å². The number of hydrogen-bond donors (Lipinski definition) is 3. The van der Waals surface area contributed by atoms with Crippen molar-refractivity contribution in [3.8, 4) is 28.5 Å². The van der Waals surface area contributed by atoms with Gasteiger partial charge in [0.25, 0.3) is 0 Å². The lowest BCUT2D eigenvalue weighted by Gasteiger charge is -2.13. The lowest BCUT2D eigenvalue weighted by Crippen LogP contribution is -2.20. The van der Waals surface area contributed by atoms with Crippen LogP contribution in [0.5, 0.6) is 5.75 Å². The SMILES string of the molecule is COc1cccc(-c2nccc3[nH]c(-c4n[nH]c5ccc(C6=CCNCC6)nc45)nc23)c1. The maximum atomic E-state index is 5.38. The van der Waals surface area contributed by atoms with Crippen LogP contribution in [-0.4, -0.2) is 50.3 Å². The van der Waals surface area contributed by atoms with Gasteiger partial charge in [-0.2, -0.15) is 5.10 Å². The molecule has 0 saturated heterocycles. The van der Waals surface area contributed by atoms with Crippen LogP contribution in [0.3, 0.4) is 0 Å². The first kappa shape index (κ1) is 18.7. The molecule has 8 nitrogen and oxygen atoms in total. The Morgan fingerprint density at radius 3 is 2.78 bits per heavy atom. The van der Waals surface area contributed by atoms with E-state index in [1.807, 2.05) is 42.5 Å². The number of H-pyrrole nitrogens is 2. The van der Waals surface area contributed by atoms with Gasteiger partial charge in [-0.1, -0.05) is 18.2 Å².